The van der Waals surface area contributed by atoms with E-state index in [0.29, 0.717) is 6.42 Å². The maximum atomic E-state index is 12.9. The molecule has 9 heteroatoms. The molecule has 9 nitrogen and oxygen atoms in total. The molecule has 0 saturated carbocycles. The Morgan fingerprint density at radius 2 is 1.11 bits per heavy atom. The number of amides is 1. The molecule has 1 aliphatic heterocycles. The Morgan fingerprint density at radius 1 is 0.630 bits per heavy atom. The summed E-state index contributed by atoms with van der Waals surface area (Å²) in [5, 5.41) is 54.0. The molecule has 0 aromatic heterocycles. The maximum absolute atomic E-state index is 12.9. The molecule has 0 aromatic carbocycles. The van der Waals surface area contributed by atoms with Gasteiger partial charge in [0.05, 0.1) is 25.4 Å². The van der Waals surface area contributed by atoms with Crippen LogP contribution in [0.1, 0.15) is 162 Å². The summed E-state index contributed by atoms with van der Waals surface area (Å²) in [6.45, 7) is 3.67. The van der Waals surface area contributed by atoms with E-state index in [1.807, 2.05) is 6.08 Å². The quantitative estimate of drug-likeness (QED) is 0.0283. The van der Waals surface area contributed by atoms with E-state index in [9.17, 15) is 30.3 Å². The molecule has 0 spiro atoms. The van der Waals surface area contributed by atoms with Crippen LogP contribution in [0, 0.1) is 0 Å². The number of ether oxygens (including phenoxy) is 2. The van der Waals surface area contributed by atoms with Crippen molar-refractivity contribution in [2.24, 2.45) is 0 Å². The lowest BCUT2D eigenvalue weighted by Gasteiger charge is -2.40. The largest absolute Gasteiger partial charge is 0.394 e. The first-order valence-corrected chi connectivity index (χ1v) is 21.5. The Hall–Kier alpha value is -2.11. The van der Waals surface area contributed by atoms with E-state index >= 15 is 0 Å². The highest BCUT2D eigenvalue weighted by Gasteiger charge is 2.44. The fraction of sp³-hybridized carbons (Fsp3) is 0.756. The van der Waals surface area contributed by atoms with Crippen LogP contribution in [0.4, 0.5) is 0 Å². The van der Waals surface area contributed by atoms with Crippen molar-refractivity contribution in [3.05, 3.63) is 60.8 Å². The molecule has 7 unspecified atom stereocenters. The predicted molar refractivity (Wildman–Crippen MR) is 221 cm³/mol. The first kappa shape index (κ1) is 49.9. The third kappa shape index (κ3) is 25.9. The fourth-order valence-corrected chi connectivity index (χ4v) is 6.27. The average molecular weight is 762 g/mol. The number of hydrogen-bond acceptors (Lipinski definition) is 8. The van der Waals surface area contributed by atoms with Crippen molar-refractivity contribution in [1.82, 2.24) is 5.32 Å². The van der Waals surface area contributed by atoms with Crippen molar-refractivity contribution in [3.63, 3.8) is 0 Å². The number of carbonyl (C=O) groups is 1. The van der Waals surface area contributed by atoms with Crippen LogP contribution in [0.3, 0.4) is 0 Å². The zero-order valence-electron chi connectivity index (χ0n) is 34.0. The van der Waals surface area contributed by atoms with Crippen molar-refractivity contribution >= 4 is 5.91 Å². The van der Waals surface area contributed by atoms with Gasteiger partial charge in [-0.05, 0) is 77.0 Å². The molecular weight excluding hydrogens is 682 g/mol. The van der Waals surface area contributed by atoms with Gasteiger partial charge in [0.1, 0.15) is 24.4 Å². The molecule has 312 valence electrons. The molecule has 1 rings (SSSR count). The molecule has 1 amide bonds. The summed E-state index contributed by atoms with van der Waals surface area (Å²) in [6, 6.07) is -0.832. The molecule has 1 fully saturated rings. The van der Waals surface area contributed by atoms with Gasteiger partial charge in [0.2, 0.25) is 5.91 Å². The Kier molecular flexibility index (Phi) is 32.6. The standard InChI is InChI=1S/C45H79NO8/c1-3-5-7-9-11-13-15-17-19-20-21-23-25-27-29-31-33-35-41(49)46-38(37-53-45-44(52)43(51)42(50)40(36-47)54-45)39(48)34-32-30-28-26-24-22-18-16-14-12-10-8-6-4-2/h11,13-14,16-17,19,24,26,32,34,38-40,42-45,47-48,50-52H,3-10,12,15,18,20-23,25,27-31,33,35-37H2,1-2H3,(H,46,49)/b13-11-,16-14+,19-17-,26-24+,34-32+. The normalized spacial score (nSPS) is 22.1. The van der Waals surface area contributed by atoms with Gasteiger partial charge >= 0.3 is 0 Å². The number of allylic oxidation sites excluding steroid dienone is 9. The Balaban J connectivity index is 2.44. The van der Waals surface area contributed by atoms with Gasteiger partial charge in [-0.1, -0.05) is 139 Å². The monoisotopic (exact) mass is 762 g/mol. The van der Waals surface area contributed by atoms with Gasteiger partial charge in [-0.25, -0.2) is 0 Å². The minimum absolute atomic E-state index is 0.203. The molecule has 6 N–H and O–H groups in total. The third-order valence-electron chi connectivity index (χ3n) is 9.79. The van der Waals surface area contributed by atoms with Crippen LogP contribution in [0.2, 0.25) is 0 Å². The zero-order valence-corrected chi connectivity index (χ0v) is 34.0. The molecule has 1 saturated heterocycles. The second kappa shape index (κ2) is 35.3. The molecule has 0 aromatic rings. The summed E-state index contributed by atoms with van der Waals surface area (Å²) >= 11 is 0. The Labute approximate surface area is 328 Å². The van der Waals surface area contributed by atoms with Crippen LogP contribution in [0.25, 0.3) is 0 Å². The number of rotatable bonds is 34. The Morgan fingerprint density at radius 3 is 1.70 bits per heavy atom. The number of unbranched alkanes of at least 4 members (excludes halogenated alkanes) is 16. The number of nitrogens with one attached hydrogen (secondary N) is 1. The lowest BCUT2D eigenvalue weighted by atomic mass is 9.99. The van der Waals surface area contributed by atoms with Gasteiger partial charge < -0.3 is 40.3 Å². The van der Waals surface area contributed by atoms with Gasteiger partial charge in [0.25, 0.3) is 0 Å². The molecule has 1 heterocycles. The zero-order chi connectivity index (χ0) is 39.5. The van der Waals surface area contributed by atoms with Gasteiger partial charge in [-0.3, -0.25) is 4.79 Å². The van der Waals surface area contributed by atoms with Crippen LogP contribution < -0.4 is 5.32 Å². The summed E-state index contributed by atoms with van der Waals surface area (Å²) in [6.07, 6.45) is 38.3. The smallest absolute Gasteiger partial charge is 0.220 e. The fourth-order valence-electron chi connectivity index (χ4n) is 6.27. The van der Waals surface area contributed by atoms with Gasteiger partial charge in [0.15, 0.2) is 6.29 Å². The highest BCUT2D eigenvalue weighted by Crippen LogP contribution is 2.22. The Bertz CT molecular complexity index is 1030. The number of aliphatic hydroxyl groups excluding tert-OH is 5. The third-order valence-corrected chi connectivity index (χ3v) is 9.79. The van der Waals surface area contributed by atoms with Crippen molar-refractivity contribution in [3.8, 4) is 0 Å². The van der Waals surface area contributed by atoms with E-state index in [1.54, 1.807) is 6.08 Å². The van der Waals surface area contributed by atoms with E-state index < -0.39 is 49.5 Å². The van der Waals surface area contributed by atoms with Crippen molar-refractivity contribution in [2.45, 2.75) is 204 Å². The summed E-state index contributed by atoms with van der Waals surface area (Å²) in [5.41, 5.74) is 0. The molecule has 54 heavy (non-hydrogen) atoms. The van der Waals surface area contributed by atoms with E-state index in [2.05, 4.69) is 67.8 Å². The van der Waals surface area contributed by atoms with E-state index in [1.165, 1.54) is 70.6 Å². The molecule has 0 radical (unpaired) electrons. The minimum atomic E-state index is -1.58. The highest BCUT2D eigenvalue weighted by molar-refractivity contribution is 5.76. The maximum Gasteiger partial charge on any atom is 0.220 e. The van der Waals surface area contributed by atoms with Crippen LogP contribution >= 0.6 is 0 Å². The SMILES string of the molecule is CCCCC/C=C\C/C=C\CCCCCCCCCC(=O)NC(COC1OC(CO)C(O)C(O)C1O)C(O)/C=C/CC/C=C/CC/C=C/CCCCCC. The summed E-state index contributed by atoms with van der Waals surface area (Å²) in [5.74, 6) is -0.203. The molecular formula is C45H79NO8. The van der Waals surface area contributed by atoms with Crippen molar-refractivity contribution in [2.75, 3.05) is 13.2 Å². The lowest BCUT2D eigenvalue weighted by molar-refractivity contribution is -0.302. The molecule has 0 bridgehead atoms. The van der Waals surface area contributed by atoms with Crippen LogP contribution in [0.15, 0.2) is 60.8 Å². The second-order valence-electron chi connectivity index (χ2n) is 14.8. The van der Waals surface area contributed by atoms with E-state index in [4.69, 9.17) is 9.47 Å². The molecule has 0 aliphatic carbocycles. The van der Waals surface area contributed by atoms with E-state index in [-0.39, 0.29) is 12.5 Å². The topological polar surface area (TPSA) is 149 Å². The first-order valence-electron chi connectivity index (χ1n) is 21.5. The van der Waals surface area contributed by atoms with Crippen molar-refractivity contribution < 1.29 is 39.8 Å². The minimum Gasteiger partial charge on any atom is -0.394 e. The van der Waals surface area contributed by atoms with Gasteiger partial charge in [-0.2, -0.15) is 0 Å². The number of aliphatic hydroxyl groups is 5. The highest BCUT2D eigenvalue weighted by atomic mass is 16.7. The molecule has 1 aliphatic rings. The first-order chi connectivity index (χ1) is 26.3. The second-order valence-corrected chi connectivity index (χ2v) is 14.8. The van der Waals surface area contributed by atoms with Crippen LogP contribution in [-0.4, -0.2) is 87.5 Å². The predicted octanol–water partition coefficient (Wildman–Crippen LogP) is 8.44. The average Bonchev–Trinajstić information content (AvgIpc) is 3.17. The number of hydrogen-bond donors (Lipinski definition) is 6. The van der Waals surface area contributed by atoms with Crippen molar-refractivity contribution in [1.29, 1.82) is 0 Å². The number of carbonyl (C=O) groups excluding carboxylic acids is 1. The summed E-state index contributed by atoms with van der Waals surface area (Å²) < 4.78 is 11.2. The van der Waals surface area contributed by atoms with Gasteiger partial charge in [0, 0.05) is 6.42 Å². The summed E-state index contributed by atoms with van der Waals surface area (Å²) in [7, 11) is 0. The van der Waals surface area contributed by atoms with E-state index in [0.717, 1.165) is 70.6 Å². The lowest BCUT2D eigenvalue weighted by Crippen LogP contribution is -2.60. The van der Waals surface area contributed by atoms with Crippen LogP contribution in [0.5, 0.6) is 0 Å². The van der Waals surface area contributed by atoms with Gasteiger partial charge in [-0.15, -0.1) is 0 Å². The molecule has 7 atom stereocenters. The van der Waals surface area contributed by atoms with Crippen LogP contribution in [-0.2, 0) is 14.3 Å². The summed E-state index contributed by atoms with van der Waals surface area (Å²) in [4.78, 5) is 12.9.